The van der Waals surface area contributed by atoms with Crippen molar-refractivity contribution in [3.8, 4) is 5.75 Å². The molecular formula is C78H126N3O39S3-3. The molecule has 4 N–H and O–H groups in total. The van der Waals surface area contributed by atoms with E-state index in [9.17, 15) is 42.7 Å². The van der Waals surface area contributed by atoms with Gasteiger partial charge < -0.3 is 155 Å². The Morgan fingerprint density at radius 3 is 0.984 bits per heavy atom. The van der Waals surface area contributed by atoms with E-state index in [0.717, 1.165) is 6.07 Å². The van der Waals surface area contributed by atoms with Gasteiger partial charge >= 0.3 is 5.97 Å². The van der Waals surface area contributed by atoms with Gasteiger partial charge in [-0.25, -0.2) is 8.42 Å². The Labute approximate surface area is 726 Å². The van der Waals surface area contributed by atoms with Crippen LogP contribution in [0.15, 0.2) is 51.1 Å². The van der Waals surface area contributed by atoms with Gasteiger partial charge in [0.15, 0.2) is 6.61 Å². The van der Waals surface area contributed by atoms with Gasteiger partial charge in [0.25, 0.3) is 5.91 Å². The Morgan fingerprint density at radius 1 is 0.366 bits per heavy atom. The Morgan fingerprint density at radius 2 is 0.667 bits per heavy atom. The van der Waals surface area contributed by atoms with Crippen molar-refractivity contribution in [1.29, 1.82) is 0 Å². The molecule has 45 heteroatoms. The Kier molecular flexibility index (Phi) is 70.0. The molecular weight excluding hydrogens is 1700 g/mol. The molecule has 4 aromatic carbocycles. The summed E-state index contributed by atoms with van der Waals surface area (Å²) in [6, 6.07) is 7.16. The highest BCUT2D eigenvalue weighted by molar-refractivity contribution is 7.95. The van der Waals surface area contributed by atoms with Crippen LogP contribution in [0.2, 0.25) is 0 Å². The minimum absolute atomic E-state index is 0.00228. The van der Waals surface area contributed by atoms with E-state index in [4.69, 9.17) is 124 Å². The van der Waals surface area contributed by atoms with E-state index in [1.165, 1.54) is 18.2 Å². The number of carboxylic acid groups (broad SMARTS) is 1. The van der Waals surface area contributed by atoms with Crippen LogP contribution < -0.4 is 31.2 Å². The molecule has 4 aromatic rings. The zero-order valence-electron chi connectivity index (χ0n) is 70.3. The third-order valence-electron chi connectivity index (χ3n) is 16.5. The SMILES string of the molecule is COCCOCCOCCOCCOCCOCCOCCOCCOCCOCCOCCOCCOCCOCCOCCOCCOCCOCCOCCOCCOCCOCCOCCOCCNC(=O)C(CCC(=O)NCCCCCC(=O)O)NC(=O)COc1cc(SOO[O-])c2ccc3c(SOO[O-])cc(S(=O)(=O)[O-])c4ccc1c2c34. The quantitative estimate of drug-likeness (QED) is 0.0121. The first-order valence-electron chi connectivity index (χ1n) is 40.9. The van der Waals surface area contributed by atoms with Crippen molar-refractivity contribution < 1.29 is 185 Å². The second kappa shape index (κ2) is 78.1. The van der Waals surface area contributed by atoms with E-state index in [-0.39, 0.29) is 78.5 Å². The highest BCUT2D eigenvalue weighted by atomic mass is 32.2. The predicted molar refractivity (Wildman–Crippen MR) is 434 cm³/mol. The molecule has 4 rings (SSSR count). The molecule has 708 valence electrons. The molecule has 0 aliphatic heterocycles. The number of carboxylic acids is 1. The van der Waals surface area contributed by atoms with Gasteiger partial charge in [-0.15, -0.1) is 0 Å². The number of methoxy groups -OCH3 is 1. The van der Waals surface area contributed by atoms with Crippen LogP contribution in [0.25, 0.3) is 32.3 Å². The normalized spacial score (nSPS) is 12.1. The number of rotatable bonds is 93. The zero-order chi connectivity index (χ0) is 88.0. The lowest BCUT2D eigenvalue weighted by Gasteiger charge is -2.21. The molecule has 0 spiro atoms. The molecule has 1 unspecified atom stereocenters. The van der Waals surface area contributed by atoms with E-state index in [1.807, 2.05) is 0 Å². The average Bonchev–Trinajstić information content (AvgIpc) is 0.715. The van der Waals surface area contributed by atoms with Crippen LogP contribution in [0.4, 0.5) is 0 Å². The number of benzene rings is 4. The van der Waals surface area contributed by atoms with Crippen LogP contribution >= 0.6 is 24.1 Å². The molecule has 123 heavy (non-hydrogen) atoms. The van der Waals surface area contributed by atoms with E-state index in [0.29, 0.717) is 356 Å². The first-order chi connectivity index (χ1) is 60.4. The number of carbonyl (C=O) groups excluding carboxylic acids is 3. The van der Waals surface area contributed by atoms with E-state index >= 15 is 0 Å². The van der Waals surface area contributed by atoms with Gasteiger partial charge in [-0.2, -0.15) is 8.67 Å². The maximum atomic E-state index is 13.6. The van der Waals surface area contributed by atoms with Crippen LogP contribution in [0.5, 0.6) is 5.75 Å². The molecule has 1 atom stereocenters. The number of carbonyl (C=O) groups is 4. The summed E-state index contributed by atoms with van der Waals surface area (Å²) in [7, 11) is -3.49. The van der Waals surface area contributed by atoms with Gasteiger partial charge in [0.2, 0.25) is 11.8 Å². The fraction of sp³-hybridized carbons (Fsp3) is 0.744. The summed E-state index contributed by atoms with van der Waals surface area (Å²) < 4.78 is 185. The molecule has 0 heterocycles. The lowest BCUT2D eigenvalue weighted by Crippen LogP contribution is -2.49. The first-order valence-corrected chi connectivity index (χ1v) is 43.7. The van der Waals surface area contributed by atoms with Gasteiger partial charge in [-0.1, -0.05) is 24.6 Å². The van der Waals surface area contributed by atoms with Crippen molar-refractivity contribution in [2.24, 2.45) is 0 Å². The van der Waals surface area contributed by atoms with Crippen molar-refractivity contribution in [2.45, 2.75) is 59.3 Å². The summed E-state index contributed by atoms with van der Waals surface area (Å²) in [5, 5.41) is 47.2. The Hall–Kier alpha value is -4.99. The topological polar surface area (TPSA) is 496 Å². The van der Waals surface area contributed by atoms with Crippen LogP contribution in [-0.2, 0) is 162 Å². The monoisotopic (exact) mass is 1820 g/mol. The average molecular weight is 1830 g/mol. The number of nitrogens with one attached hydrogen (secondary N) is 3. The fourth-order valence-electron chi connectivity index (χ4n) is 10.7. The molecule has 0 bridgehead atoms. The summed E-state index contributed by atoms with van der Waals surface area (Å²) in [6.07, 6.45) is 1.23. The van der Waals surface area contributed by atoms with Gasteiger partial charge in [-0.05, 0) is 53.6 Å². The Bertz CT molecular complexity index is 3350. The third-order valence-corrected chi connectivity index (χ3v) is 18.7. The molecule has 0 saturated carbocycles. The molecule has 3 amide bonds. The maximum absolute atomic E-state index is 13.6. The molecule has 0 saturated heterocycles. The summed E-state index contributed by atoms with van der Waals surface area (Å²) in [6.45, 7) is 20.1. The molecule has 0 aromatic heterocycles. The second-order valence-electron chi connectivity index (χ2n) is 25.6. The molecule has 0 fully saturated rings. The van der Waals surface area contributed by atoms with Crippen LogP contribution in [0.1, 0.15) is 38.5 Å². The zero-order valence-corrected chi connectivity index (χ0v) is 72.8. The van der Waals surface area contributed by atoms with Crippen molar-refractivity contribution in [2.75, 3.05) is 337 Å². The Balaban J connectivity index is 0.853. The number of ether oxygens (including phenoxy) is 25. The summed E-state index contributed by atoms with van der Waals surface area (Å²) >= 11 is 0.825. The fourth-order valence-corrected chi connectivity index (χ4v) is 12.5. The van der Waals surface area contributed by atoms with Crippen LogP contribution in [0, 0.1) is 0 Å². The minimum atomic E-state index is -5.13. The molecule has 42 nitrogen and oxygen atoms in total. The summed E-state index contributed by atoms with van der Waals surface area (Å²) in [5.41, 5.74) is 0. The van der Waals surface area contributed by atoms with E-state index in [1.54, 1.807) is 19.2 Å². The van der Waals surface area contributed by atoms with Crippen LogP contribution in [0.3, 0.4) is 0 Å². The number of hydrogen-bond acceptors (Lipinski definition) is 40. The van der Waals surface area contributed by atoms with Gasteiger partial charge in [-0.3, -0.25) is 29.3 Å². The van der Waals surface area contributed by atoms with Crippen LogP contribution in [-0.4, -0.2) is 385 Å². The molecule has 0 aliphatic carbocycles. The van der Waals surface area contributed by atoms with Gasteiger partial charge in [0.05, 0.1) is 344 Å². The second-order valence-corrected chi connectivity index (χ2v) is 28.4. The van der Waals surface area contributed by atoms with Crippen molar-refractivity contribution in [1.82, 2.24) is 16.0 Å². The van der Waals surface area contributed by atoms with Crippen molar-refractivity contribution in [3.63, 3.8) is 0 Å². The first kappa shape index (κ1) is 110. The third kappa shape index (κ3) is 57.5. The summed E-state index contributed by atoms with van der Waals surface area (Å²) in [4.78, 5) is 50.5. The highest BCUT2D eigenvalue weighted by Gasteiger charge is 2.25. The minimum Gasteiger partial charge on any atom is -0.744 e. The largest absolute Gasteiger partial charge is 0.744 e. The highest BCUT2D eigenvalue weighted by Crippen LogP contribution is 2.47. The van der Waals surface area contributed by atoms with Gasteiger partial charge in [0, 0.05) is 54.1 Å². The lowest BCUT2D eigenvalue weighted by atomic mass is 9.93. The predicted octanol–water partition coefficient (Wildman–Crippen LogP) is 1.50. The van der Waals surface area contributed by atoms with Gasteiger partial charge in [0.1, 0.15) is 21.9 Å². The number of aliphatic carboxylic acids is 1. The maximum Gasteiger partial charge on any atom is 0.303 e. The standard InChI is InChI=1S/C78H129N3O39S3/c1-92-15-16-94-19-20-96-23-24-98-27-28-100-31-32-102-35-36-104-39-40-106-43-44-108-47-48-110-51-52-112-55-56-114-59-60-115-58-57-113-54-53-111-50-49-109-46-45-107-42-41-105-38-37-103-34-33-101-30-29-99-26-25-97-22-21-95-18-17-93-14-13-80-78(86)68(10-11-73(82)79-12-4-2-3-5-75(84)85)81-74(83)63-116-69-61-70(121-119-117-87)65-7-8-66-71(122-120-118-88)62-72(123(89,90)91)67-9-6-64(69)76(65)77(66)67/h6-9,61-62,68,87-88H,2-5,10-60,63H2,1H3,(H,79,82)(H,80,86)(H,81,83)(H,84,85)(H,89,90,91)/p-3. The number of unbranched alkanes of at least 4 members (excludes halogenated alkanes) is 2. The number of hydrogen-bond donors (Lipinski definition) is 4. The van der Waals surface area contributed by atoms with Crippen molar-refractivity contribution in [3.05, 3.63) is 36.4 Å². The van der Waals surface area contributed by atoms with E-state index in [2.05, 4.69) is 34.7 Å². The molecule has 0 radical (unpaired) electrons. The number of amides is 3. The molecule has 0 aliphatic rings. The lowest BCUT2D eigenvalue weighted by molar-refractivity contribution is -0.777. The van der Waals surface area contributed by atoms with E-state index < -0.39 is 51.4 Å². The van der Waals surface area contributed by atoms with Crippen molar-refractivity contribution >= 4 is 90.2 Å². The summed E-state index contributed by atoms with van der Waals surface area (Å²) in [5.74, 6) is -2.76. The smallest absolute Gasteiger partial charge is 0.303 e.